The minimum absolute atomic E-state index is 0.212. The molecular formula is C33H40F3NO5S. The van der Waals surface area contributed by atoms with Crippen molar-refractivity contribution in [2.75, 3.05) is 25.2 Å². The number of fused-ring (bicyclic) bond motifs is 2. The summed E-state index contributed by atoms with van der Waals surface area (Å²) in [5, 5.41) is 7.42. The van der Waals surface area contributed by atoms with Crippen LogP contribution in [0.15, 0.2) is 36.5 Å². The smallest absolute Gasteiger partial charge is 0.416 e. The zero-order valence-electron chi connectivity index (χ0n) is 25.6. The fraction of sp³-hybridized carbons (Fsp3) is 0.455. The molecule has 1 unspecified atom stereocenters. The number of benzene rings is 2. The number of carboxylic acids is 1. The highest BCUT2D eigenvalue weighted by Gasteiger charge is 2.41. The molecule has 1 aromatic heterocycles. The summed E-state index contributed by atoms with van der Waals surface area (Å²) in [6.07, 6.45) is 1.21. The van der Waals surface area contributed by atoms with E-state index in [9.17, 15) is 13.2 Å². The first kappa shape index (κ1) is 34.1. The average molecular weight is 620 g/mol. The van der Waals surface area contributed by atoms with Crippen molar-refractivity contribution in [3.8, 4) is 28.5 Å². The summed E-state index contributed by atoms with van der Waals surface area (Å²) in [5.74, 6) is 1.96. The lowest BCUT2D eigenvalue weighted by molar-refractivity contribution is -0.139. The molecule has 1 aliphatic heterocycles. The van der Waals surface area contributed by atoms with Crippen LogP contribution in [0.4, 0.5) is 13.2 Å². The zero-order chi connectivity index (χ0) is 31.7. The maximum atomic E-state index is 14.1. The standard InChI is InChI=1S/C29H30F3NO3S.C2H4O2.C2H6/c1-17-13-20(34-10-4-12-37-3)14-18(2)27(17)21-5-7-23(29(30,31)32)28-22(21)6-8-24(28)36-26-15-25-19(16-33-26)9-11-35-25;1-2(3)4;1-2/h5,7,13-16,24H,4,6,8-12H2,1-3H3;1H3,(H,3,4);1-2H3. The lowest BCUT2D eigenvalue weighted by Gasteiger charge is -2.22. The average Bonchev–Trinajstić information content (AvgIpc) is 3.58. The van der Waals surface area contributed by atoms with E-state index in [0.717, 1.165) is 59.1 Å². The maximum Gasteiger partial charge on any atom is 0.416 e. The van der Waals surface area contributed by atoms with Gasteiger partial charge in [0.15, 0.2) is 0 Å². The Hall–Kier alpha value is -3.40. The first-order chi connectivity index (χ1) is 20.5. The summed E-state index contributed by atoms with van der Waals surface area (Å²) in [4.78, 5) is 13.3. The van der Waals surface area contributed by atoms with Crippen LogP contribution in [0.1, 0.15) is 73.1 Å². The SMILES string of the molecule is CC.CC(=O)O.CSCCCOc1cc(C)c(-c2ccc(C(F)(F)F)c3c2CCC3Oc2cc3c(cn2)CCO3)c(C)c1. The molecule has 43 heavy (non-hydrogen) atoms. The molecule has 1 aliphatic carbocycles. The van der Waals surface area contributed by atoms with Crippen molar-refractivity contribution in [2.24, 2.45) is 0 Å². The Morgan fingerprint density at radius 1 is 1.14 bits per heavy atom. The van der Waals surface area contributed by atoms with Crippen LogP contribution in [0.5, 0.6) is 17.4 Å². The van der Waals surface area contributed by atoms with E-state index in [1.165, 1.54) is 6.07 Å². The number of hydrogen-bond acceptors (Lipinski definition) is 6. The molecule has 0 fully saturated rings. The summed E-state index contributed by atoms with van der Waals surface area (Å²) in [6.45, 7) is 10.3. The Morgan fingerprint density at radius 3 is 2.44 bits per heavy atom. The number of halogens is 3. The van der Waals surface area contributed by atoms with E-state index < -0.39 is 23.8 Å². The van der Waals surface area contributed by atoms with Gasteiger partial charge in [-0.2, -0.15) is 24.9 Å². The quantitative estimate of drug-likeness (QED) is 0.253. The number of ether oxygens (including phenoxy) is 3. The molecule has 0 amide bonds. The molecular weight excluding hydrogens is 579 g/mol. The first-order valence-electron chi connectivity index (χ1n) is 14.4. The lowest BCUT2D eigenvalue weighted by Crippen LogP contribution is -2.14. The van der Waals surface area contributed by atoms with Crippen LogP contribution in [0.3, 0.4) is 0 Å². The summed E-state index contributed by atoms with van der Waals surface area (Å²) in [5.41, 5.74) is 4.97. The molecule has 1 N–H and O–H groups in total. The van der Waals surface area contributed by atoms with Crippen molar-refractivity contribution < 1.29 is 37.3 Å². The minimum atomic E-state index is -4.48. The first-order valence-corrected chi connectivity index (χ1v) is 15.8. The van der Waals surface area contributed by atoms with Gasteiger partial charge in [-0.05, 0) is 91.1 Å². The molecule has 2 aromatic carbocycles. The summed E-state index contributed by atoms with van der Waals surface area (Å²) in [6, 6.07) is 8.44. The molecule has 2 heterocycles. The van der Waals surface area contributed by atoms with E-state index in [2.05, 4.69) is 11.2 Å². The summed E-state index contributed by atoms with van der Waals surface area (Å²) >= 11 is 1.78. The van der Waals surface area contributed by atoms with E-state index in [1.807, 2.05) is 39.8 Å². The van der Waals surface area contributed by atoms with Gasteiger partial charge in [0.1, 0.15) is 17.6 Å². The molecule has 2 aliphatic rings. The number of alkyl halides is 3. The molecule has 0 saturated heterocycles. The van der Waals surface area contributed by atoms with E-state index >= 15 is 0 Å². The number of rotatable bonds is 8. The predicted molar refractivity (Wildman–Crippen MR) is 165 cm³/mol. The van der Waals surface area contributed by atoms with Gasteiger partial charge in [-0.25, -0.2) is 4.98 Å². The number of carbonyl (C=O) groups is 1. The largest absolute Gasteiger partial charge is 0.494 e. The van der Waals surface area contributed by atoms with Crippen LogP contribution in [0.25, 0.3) is 11.1 Å². The normalized spacial score (nSPS) is 14.8. The lowest BCUT2D eigenvalue weighted by atomic mass is 9.88. The highest BCUT2D eigenvalue weighted by molar-refractivity contribution is 7.98. The predicted octanol–water partition coefficient (Wildman–Crippen LogP) is 8.63. The van der Waals surface area contributed by atoms with Gasteiger partial charge in [0.25, 0.3) is 5.97 Å². The van der Waals surface area contributed by atoms with Crippen LogP contribution in [0.2, 0.25) is 0 Å². The molecule has 10 heteroatoms. The van der Waals surface area contributed by atoms with Crippen LogP contribution in [-0.2, 0) is 23.8 Å². The van der Waals surface area contributed by atoms with E-state index in [-0.39, 0.29) is 11.4 Å². The Labute approximate surface area is 256 Å². The third-order valence-corrected chi connectivity index (χ3v) is 7.69. The second-order valence-electron chi connectivity index (χ2n) is 10.1. The Morgan fingerprint density at radius 2 is 1.81 bits per heavy atom. The number of thioether (sulfide) groups is 1. The van der Waals surface area contributed by atoms with Crippen molar-refractivity contribution in [2.45, 2.75) is 72.6 Å². The fourth-order valence-corrected chi connectivity index (χ4v) is 5.80. The molecule has 234 valence electrons. The topological polar surface area (TPSA) is 77.9 Å². The number of aromatic nitrogens is 1. The van der Waals surface area contributed by atoms with Gasteiger partial charge >= 0.3 is 6.18 Å². The van der Waals surface area contributed by atoms with Gasteiger partial charge in [-0.3, -0.25) is 4.79 Å². The zero-order valence-corrected chi connectivity index (χ0v) is 26.4. The summed E-state index contributed by atoms with van der Waals surface area (Å²) in [7, 11) is 0. The second kappa shape index (κ2) is 15.4. The highest BCUT2D eigenvalue weighted by Crippen LogP contribution is 2.48. The molecule has 0 radical (unpaired) electrons. The van der Waals surface area contributed by atoms with Gasteiger partial charge in [-0.1, -0.05) is 19.9 Å². The van der Waals surface area contributed by atoms with Crippen molar-refractivity contribution in [3.63, 3.8) is 0 Å². The molecule has 5 rings (SSSR count). The number of nitrogens with zero attached hydrogens (tertiary/aromatic N) is 1. The molecule has 0 spiro atoms. The highest BCUT2D eigenvalue weighted by atomic mass is 32.2. The van der Waals surface area contributed by atoms with E-state index in [4.69, 9.17) is 24.1 Å². The van der Waals surface area contributed by atoms with Gasteiger partial charge in [0.2, 0.25) is 5.88 Å². The van der Waals surface area contributed by atoms with Crippen molar-refractivity contribution in [3.05, 3.63) is 69.9 Å². The minimum Gasteiger partial charge on any atom is -0.494 e. The summed E-state index contributed by atoms with van der Waals surface area (Å²) < 4.78 is 60.0. The van der Waals surface area contributed by atoms with Gasteiger partial charge in [-0.15, -0.1) is 0 Å². The monoisotopic (exact) mass is 619 g/mol. The second-order valence-corrected chi connectivity index (χ2v) is 11.1. The molecule has 3 aromatic rings. The number of pyridine rings is 1. The third-order valence-electron chi connectivity index (χ3n) is 6.99. The van der Waals surface area contributed by atoms with Gasteiger partial charge in [0, 0.05) is 36.7 Å². The van der Waals surface area contributed by atoms with Crippen LogP contribution < -0.4 is 14.2 Å². The molecule has 0 bridgehead atoms. The maximum absolute atomic E-state index is 14.1. The fourth-order valence-electron chi connectivity index (χ4n) is 5.40. The van der Waals surface area contributed by atoms with Crippen LogP contribution in [-0.4, -0.2) is 41.3 Å². The van der Waals surface area contributed by atoms with Gasteiger partial charge < -0.3 is 19.3 Å². The third kappa shape index (κ3) is 8.59. The molecule has 1 atom stereocenters. The van der Waals surface area contributed by atoms with Crippen molar-refractivity contribution >= 4 is 17.7 Å². The van der Waals surface area contributed by atoms with E-state index in [1.54, 1.807) is 30.1 Å². The van der Waals surface area contributed by atoms with Crippen LogP contribution in [0, 0.1) is 13.8 Å². The Balaban J connectivity index is 0.000000780. The van der Waals surface area contributed by atoms with Crippen LogP contribution >= 0.6 is 11.8 Å². The Bertz CT molecular complexity index is 1380. The van der Waals surface area contributed by atoms with Gasteiger partial charge in [0.05, 0.1) is 18.8 Å². The number of aryl methyl sites for hydroxylation is 2. The number of carboxylic acid groups (broad SMARTS) is 1. The molecule has 6 nitrogen and oxygen atoms in total. The number of hydrogen-bond donors (Lipinski definition) is 1. The number of aliphatic carboxylic acids is 1. The van der Waals surface area contributed by atoms with Crippen molar-refractivity contribution in [1.82, 2.24) is 4.98 Å². The molecule has 0 saturated carbocycles. The Kier molecular flexibility index (Phi) is 12.2. The van der Waals surface area contributed by atoms with E-state index in [0.29, 0.717) is 37.4 Å². The van der Waals surface area contributed by atoms with Crippen molar-refractivity contribution in [1.29, 1.82) is 0 Å².